The topological polar surface area (TPSA) is 57.0 Å². The van der Waals surface area contributed by atoms with Crippen molar-refractivity contribution < 1.29 is 4.42 Å². The van der Waals surface area contributed by atoms with Crippen LogP contribution in [0.2, 0.25) is 0 Å². The van der Waals surface area contributed by atoms with Crippen LogP contribution in [0.25, 0.3) is 0 Å². The van der Waals surface area contributed by atoms with Gasteiger partial charge < -0.3 is 10.2 Å². The molecule has 1 unspecified atom stereocenters. The van der Waals surface area contributed by atoms with Gasteiger partial charge in [-0.25, -0.2) is 0 Å². The van der Waals surface area contributed by atoms with Crippen LogP contribution in [0.1, 0.15) is 55.4 Å². The fourth-order valence-electron chi connectivity index (χ4n) is 2.94. The largest absolute Gasteiger partial charge is 0.457 e. The highest BCUT2D eigenvalue weighted by molar-refractivity contribution is 9.10. The monoisotopic (exact) mass is 337 g/mol. The van der Waals surface area contributed by atoms with E-state index in [4.69, 9.17) is 15.2 Å². The predicted molar refractivity (Wildman–Crippen MR) is 81.4 cm³/mol. The molecule has 5 heteroatoms. The van der Waals surface area contributed by atoms with Crippen LogP contribution in [0, 0.1) is 0 Å². The predicted octanol–water partition coefficient (Wildman–Crippen LogP) is 3.99. The lowest BCUT2D eigenvalue weighted by molar-refractivity contribution is 0.328. The van der Waals surface area contributed by atoms with Crippen molar-refractivity contribution in [2.75, 3.05) is 0 Å². The summed E-state index contributed by atoms with van der Waals surface area (Å²) >= 11 is 3.38. The Labute approximate surface area is 127 Å². The van der Waals surface area contributed by atoms with E-state index in [9.17, 15) is 0 Å². The highest BCUT2D eigenvalue weighted by Gasteiger charge is 2.18. The van der Waals surface area contributed by atoms with Crippen LogP contribution in [-0.2, 0) is 6.42 Å². The zero-order valence-electron chi connectivity index (χ0n) is 11.5. The Morgan fingerprint density at radius 2 is 2.15 bits per heavy atom. The first-order valence-corrected chi connectivity index (χ1v) is 8.06. The molecule has 1 aliphatic carbocycles. The SMILES string of the molecule is NC(Cc1ccn(C2CCCCC2)n1)c1ccoc1Br. The van der Waals surface area contributed by atoms with Crippen LogP contribution in [0.3, 0.4) is 0 Å². The molecule has 2 heterocycles. The molecule has 0 aliphatic heterocycles. The smallest absolute Gasteiger partial charge is 0.173 e. The summed E-state index contributed by atoms with van der Waals surface area (Å²) in [7, 11) is 0. The van der Waals surface area contributed by atoms with Crippen molar-refractivity contribution in [2.45, 2.75) is 50.6 Å². The summed E-state index contributed by atoms with van der Waals surface area (Å²) in [5, 5.41) is 4.70. The molecule has 2 N–H and O–H groups in total. The summed E-state index contributed by atoms with van der Waals surface area (Å²) in [6, 6.07) is 4.49. The van der Waals surface area contributed by atoms with Crippen LogP contribution < -0.4 is 5.73 Å². The Morgan fingerprint density at radius 1 is 1.35 bits per heavy atom. The third-order valence-electron chi connectivity index (χ3n) is 4.09. The van der Waals surface area contributed by atoms with Gasteiger partial charge in [-0.1, -0.05) is 19.3 Å². The Balaban J connectivity index is 1.66. The average molecular weight is 338 g/mol. The fourth-order valence-corrected chi connectivity index (χ4v) is 3.47. The van der Waals surface area contributed by atoms with Gasteiger partial charge in [0.1, 0.15) is 0 Å². The van der Waals surface area contributed by atoms with Crippen LogP contribution in [0.4, 0.5) is 0 Å². The lowest BCUT2D eigenvalue weighted by Gasteiger charge is -2.21. The number of nitrogens with two attached hydrogens (primary N) is 1. The molecule has 108 valence electrons. The standard InChI is InChI=1S/C15H20BrN3O/c16-15-13(7-9-20-15)14(17)10-11-6-8-19(18-11)12-4-2-1-3-5-12/h6-9,12,14H,1-5,10,17H2. The maximum atomic E-state index is 6.22. The molecule has 0 radical (unpaired) electrons. The third-order valence-corrected chi connectivity index (χ3v) is 4.73. The average Bonchev–Trinajstić information content (AvgIpc) is 3.09. The number of hydrogen-bond acceptors (Lipinski definition) is 3. The molecular formula is C15H20BrN3O. The molecule has 0 amide bonds. The molecule has 1 aliphatic rings. The molecule has 20 heavy (non-hydrogen) atoms. The Bertz CT molecular complexity index is 557. The van der Waals surface area contributed by atoms with Gasteiger partial charge in [-0.15, -0.1) is 0 Å². The first-order valence-electron chi connectivity index (χ1n) is 7.26. The van der Waals surface area contributed by atoms with Crippen LogP contribution in [-0.4, -0.2) is 9.78 Å². The zero-order valence-corrected chi connectivity index (χ0v) is 13.1. The number of halogens is 1. The second-order valence-corrected chi connectivity index (χ2v) is 6.26. The Hall–Kier alpha value is -1.07. The molecule has 0 saturated heterocycles. The highest BCUT2D eigenvalue weighted by Crippen LogP contribution is 2.28. The normalized spacial score (nSPS) is 18.3. The second kappa shape index (κ2) is 6.14. The maximum absolute atomic E-state index is 6.22. The van der Waals surface area contributed by atoms with Crippen LogP contribution in [0.5, 0.6) is 0 Å². The number of hydrogen-bond donors (Lipinski definition) is 1. The molecule has 4 nitrogen and oxygen atoms in total. The van der Waals surface area contributed by atoms with Gasteiger partial charge >= 0.3 is 0 Å². The third kappa shape index (κ3) is 2.99. The van der Waals surface area contributed by atoms with Crippen molar-refractivity contribution in [3.8, 4) is 0 Å². The lowest BCUT2D eigenvalue weighted by Crippen LogP contribution is -2.16. The summed E-state index contributed by atoms with van der Waals surface area (Å²) in [6.07, 6.45) is 11.0. The van der Waals surface area contributed by atoms with E-state index < -0.39 is 0 Å². The molecule has 0 spiro atoms. The first kappa shape index (κ1) is 13.9. The van der Waals surface area contributed by atoms with Gasteiger partial charge in [0.2, 0.25) is 0 Å². The van der Waals surface area contributed by atoms with E-state index in [1.807, 2.05) is 6.07 Å². The molecule has 0 bridgehead atoms. The molecule has 2 aromatic rings. The van der Waals surface area contributed by atoms with E-state index in [0.29, 0.717) is 6.04 Å². The van der Waals surface area contributed by atoms with E-state index in [1.54, 1.807) is 6.26 Å². The first-order chi connectivity index (χ1) is 9.74. The Kier molecular flexibility index (Phi) is 4.27. The minimum Gasteiger partial charge on any atom is -0.457 e. The fraction of sp³-hybridized carbons (Fsp3) is 0.533. The quantitative estimate of drug-likeness (QED) is 0.917. The molecule has 1 fully saturated rings. The summed E-state index contributed by atoms with van der Waals surface area (Å²) in [4.78, 5) is 0. The summed E-state index contributed by atoms with van der Waals surface area (Å²) in [6.45, 7) is 0. The summed E-state index contributed by atoms with van der Waals surface area (Å²) in [5.74, 6) is 0. The summed E-state index contributed by atoms with van der Waals surface area (Å²) < 4.78 is 8.08. The second-order valence-electron chi connectivity index (χ2n) is 5.54. The Morgan fingerprint density at radius 3 is 2.85 bits per heavy atom. The van der Waals surface area contributed by atoms with Crippen molar-refractivity contribution in [3.05, 3.63) is 40.5 Å². The van der Waals surface area contributed by atoms with Crippen molar-refractivity contribution in [3.63, 3.8) is 0 Å². The van der Waals surface area contributed by atoms with Gasteiger partial charge in [0.25, 0.3) is 0 Å². The number of furan rings is 1. The van der Waals surface area contributed by atoms with Gasteiger partial charge in [-0.3, -0.25) is 4.68 Å². The van der Waals surface area contributed by atoms with Gasteiger partial charge in [0, 0.05) is 24.2 Å². The highest BCUT2D eigenvalue weighted by atomic mass is 79.9. The van der Waals surface area contributed by atoms with E-state index in [-0.39, 0.29) is 6.04 Å². The molecule has 1 saturated carbocycles. The van der Waals surface area contributed by atoms with E-state index in [1.165, 1.54) is 32.1 Å². The van der Waals surface area contributed by atoms with E-state index in [0.717, 1.165) is 22.3 Å². The minimum absolute atomic E-state index is 0.0853. The van der Waals surface area contributed by atoms with Crippen molar-refractivity contribution in [2.24, 2.45) is 5.73 Å². The van der Waals surface area contributed by atoms with Crippen molar-refractivity contribution >= 4 is 15.9 Å². The van der Waals surface area contributed by atoms with Crippen molar-refractivity contribution in [1.82, 2.24) is 9.78 Å². The summed E-state index contributed by atoms with van der Waals surface area (Å²) in [5.41, 5.74) is 8.27. The van der Waals surface area contributed by atoms with Gasteiger partial charge in [-0.05, 0) is 40.9 Å². The van der Waals surface area contributed by atoms with Crippen LogP contribution >= 0.6 is 15.9 Å². The van der Waals surface area contributed by atoms with Crippen molar-refractivity contribution in [1.29, 1.82) is 0 Å². The lowest BCUT2D eigenvalue weighted by atomic mass is 9.96. The van der Waals surface area contributed by atoms with E-state index in [2.05, 4.69) is 32.9 Å². The maximum Gasteiger partial charge on any atom is 0.173 e. The molecule has 3 rings (SSSR count). The molecular weight excluding hydrogens is 318 g/mol. The van der Waals surface area contributed by atoms with Crippen LogP contribution in [0.15, 0.2) is 33.7 Å². The zero-order chi connectivity index (χ0) is 13.9. The van der Waals surface area contributed by atoms with Gasteiger partial charge in [-0.2, -0.15) is 5.10 Å². The number of rotatable bonds is 4. The molecule has 1 atom stereocenters. The number of aromatic nitrogens is 2. The molecule has 0 aromatic carbocycles. The van der Waals surface area contributed by atoms with E-state index >= 15 is 0 Å². The van der Waals surface area contributed by atoms with Gasteiger partial charge in [0.15, 0.2) is 4.67 Å². The molecule has 2 aromatic heterocycles. The minimum atomic E-state index is -0.0853. The number of nitrogens with zero attached hydrogens (tertiary/aromatic N) is 2. The van der Waals surface area contributed by atoms with Gasteiger partial charge in [0.05, 0.1) is 18.0 Å².